The topological polar surface area (TPSA) is 372 Å². The van der Waals surface area contributed by atoms with Crippen molar-refractivity contribution in [3.05, 3.63) is 70.4 Å². The molecule has 0 aromatic heterocycles. The fraction of sp³-hybridized carbons (Fsp3) is 0.719. The molecule has 0 aromatic carbocycles. The molecule has 9 aliphatic carbocycles. The van der Waals surface area contributed by atoms with Crippen molar-refractivity contribution in [2.45, 2.75) is 276 Å². The average molecular weight is 1680 g/mol. The number of carboxylic acid groups (broad SMARTS) is 1. The van der Waals surface area contributed by atoms with Crippen molar-refractivity contribution in [2.24, 2.45) is 76.4 Å². The summed E-state index contributed by atoms with van der Waals surface area (Å²) in [5, 5.41) is 29.2. The third-order valence-electron chi connectivity index (χ3n) is 21.8. The largest absolute Gasteiger partial charge is 1.00 e. The monoisotopic (exact) mass is 1680 g/mol. The second kappa shape index (κ2) is 60.9. The van der Waals surface area contributed by atoms with Crippen LogP contribution in [0.1, 0.15) is 261 Å². The quantitative estimate of drug-likeness (QED) is 0.0243. The molecule has 1 amide bonds. The van der Waals surface area contributed by atoms with Gasteiger partial charge < -0.3 is 61.4 Å². The van der Waals surface area contributed by atoms with Crippen LogP contribution in [0.5, 0.6) is 0 Å². The number of esters is 7. The van der Waals surface area contributed by atoms with E-state index in [1.165, 1.54) is 90.4 Å². The van der Waals surface area contributed by atoms with Crippen molar-refractivity contribution in [3.63, 3.8) is 0 Å². The minimum atomic E-state index is -1.80. The van der Waals surface area contributed by atoms with Gasteiger partial charge in [-0.15, -0.1) is 6.58 Å². The molecule has 1 heterocycles. The number of hydrogen-bond acceptors (Lipinski definition) is 23. The Labute approximate surface area is 754 Å². The Morgan fingerprint density at radius 3 is 1.35 bits per heavy atom. The van der Waals surface area contributed by atoms with Crippen LogP contribution in [0, 0.1) is 76.4 Å². The van der Waals surface area contributed by atoms with Crippen LogP contribution in [0.3, 0.4) is 0 Å². The Morgan fingerprint density at radius 2 is 1.03 bits per heavy atom. The fourth-order valence-electron chi connectivity index (χ4n) is 14.7. The van der Waals surface area contributed by atoms with Gasteiger partial charge in [0.15, 0.2) is 23.1 Å². The number of carboxylic acids is 1. The molecular formula is C89H146AlBLiNNaO24. The number of Topliss-reactive ketones (excluding diaryl/α,β-unsaturated/α-hetero) is 4. The normalized spacial score (nSPS) is 25.9. The van der Waals surface area contributed by atoms with Gasteiger partial charge in [-0.25, -0.2) is 14.4 Å². The summed E-state index contributed by atoms with van der Waals surface area (Å²) in [7, 11) is 6.73. The molecule has 15 atom stereocenters. The van der Waals surface area contributed by atoms with Crippen LogP contribution >= 0.6 is 0 Å². The van der Waals surface area contributed by atoms with Gasteiger partial charge in [0.05, 0.1) is 79.9 Å². The van der Waals surface area contributed by atoms with E-state index in [-0.39, 0.29) is 186 Å². The van der Waals surface area contributed by atoms with Gasteiger partial charge in [0.2, 0.25) is 11.4 Å². The maximum Gasteiger partial charge on any atom is 1.00 e. The zero-order valence-electron chi connectivity index (χ0n) is 77.2. The molecular weight excluding hydrogens is 1530 g/mol. The van der Waals surface area contributed by atoms with Crippen LogP contribution in [-0.4, -0.2) is 197 Å². The molecule has 10 rings (SSSR count). The summed E-state index contributed by atoms with van der Waals surface area (Å²) in [4.78, 5) is 147. The number of allylic oxidation sites excluding steroid dienone is 8. The predicted molar refractivity (Wildman–Crippen MR) is 451 cm³/mol. The molecule has 1 saturated heterocycles. The molecule has 10 aliphatic rings. The van der Waals surface area contributed by atoms with E-state index in [9.17, 15) is 67.4 Å². The number of rotatable bonds is 20. The number of epoxide rings is 1. The molecule has 0 spiro atoms. The molecule has 12 unspecified atom stereocenters. The van der Waals surface area contributed by atoms with Crippen molar-refractivity contribution in [1.29, 1.82) is 0 Å². The number of amides is 1. The predicted octanol–water partition coefficient (Wildman–Crippen LogP) is 6.80. The first kappa shape index (κ1) is 119. The van der Waals surface area contributed by atoms with Crippen molar-refractivity contribution in [2.75, 3.05) is 62.0 Å². The SMILES string of the molecule is C=C(C)C.CC1C=C(CO)CC1.CC1C=C(C[C@H](C)C(=O)O)CC1.CC1C=C(C[C@H](C)C(=O)[C@@]2(C)CO2)CC1.CCOC(=O)C(CC1=CC(C)CC1)(NC(C)=O)C(=O)OCC.COC(=O)C1(C)CCCC1=O.COC(=O)C1=CC(C)CC1.COC(=O)C1CCC(C)C1=O.COC(=O)C1CCC(C)C1O.COC(=O)C1CCCC1=O.[AlH3].[B].[H-].[H-].[Li+].[Na+]. The van der Waals surface area contributed by atoms with E-state index < -0.39 is 58.3 Å². The van der Waals surface area contributed by atoms with E-state index in [0.29, 0.717) is 68.3 Å². The van der Waals surface area contributed by atoms with E-state index in [4.69, 9.17) is 24.4 Å². The molecule has 25 nitrogen and oxygen atoms in total. The van der Waals surface area contributed by atoms with Crippen LogP contribution in [0.4, 0.5) is 0 Å². The number of ketones is 4. The van der Waals surface area contributed by atoms with E-state index in [0.717, 1.165) is 94.6 Å². The molecule has 3 radical (unpaired) electrons. The van der Waals surface area contributed by atoms with Crippen molar-refractivity contribution in [1.82, 2.24) is 5.32 Å². The number of carbonyl (C=O) groups excluding carboxylic acids is 12. The standard InChI is InChI=1S/C16H25NO5.C13H20O2.C10H16O2.C8H12O3.C8H14O3.C8H12O3.C8H12O2.C7H10O3.C7H12O.C4H8.Al.B.Li.Na.5H/c1-5-21-14(19)16(17-12(4)18,15(20)22-6-2)10-13-8-7-11(3)9-13;1-9-4-5-11(6-9)7-10(2)12(14)13(3)8-15-13;1-7-3-4-9(5-7)6-8(2)10(11)12;1-8(7(10)11-2)5-3-4-6(8)9;2*1-5-3-4-6(7(5)9)8(10)11-2;1-6-3-4-7(5-6)8(9)10-2;1-10-7(9)5-3-2-4-6(5)8;1-6-2-3-7(4-6)5-8;1-4(2)3;;;;;;;;;/h9,11H,5-8,10H2,1-4H3,(H,17,18);6,9-10H,4-5,7-8H2,1-3H3;5,7-8H,3-4,6H2,1-2H3,(H,11,12);3-5H2,1-2H3;5-7,9H,3-4H2,1-2H3;5-6H,3-4H2,1-2H3;5-6H,3-4H2,1-2H3;5H,2-4H2,1H3;4,6,8H,2-3,5H2,1H3;1H2,2-3H3;;;;;;;;;/q;;;;;;;;;;;;2*+1;;;;2*-1/t;9?,10-,13+;7?,8-;;;;;;;;;;;;;;;;/m.00................/s1. The third-order valence-corrected chi connectivity index (χ3v) is 21.8. The summed E-state index contributed by atoms with van der Waals surface area (Å²) in [6.45, 7) is 35.1. The molecule has 1 aliphatic heterocycles. The average Bonchev–Trinajstić information content (AvgIpc) is 1.68. The maximum atomic E-state index is 12.4. The third kappa shape index (κ3) is 42.0. The Balaban J connectivity index is -0.000000305. The van der Waals surface area contributed by atoms with E-state index in [2.05, 4.69) is 88.4 Å². The van der Waals surface area contributed by atoms with Crippen LogP contribution in [-0.2, 0) is 100 Å². The van der Waals surface area contributed by atoms with Gasteiger partial charge in [-0.2, -0.15) is 0 Å². The smallest absolute Gasteiger partial charge is 1.00 e. The first-order chi connectivity index (χ1) is 53.4. The molecule has 0 aromatic rings. The van der Waals surface area contributed by atoms with E-state index >= 15 is 0 Å². The van der Waals surface area contributed by atoms with Crippen molar-refractivity contribution >= 4 is 103 Å². The van der Waals surface area contributed by atoms with Crippen LogP contribution in [0.15, 0.2) is 70.4 Å². The van der Waals surface area contributed by atoms with Crippen molar-refractivity contribution in [3.8, 4) is 0 Å². The van der Waals surface area contributed by atoms with E-state index in [1.54, 1.807) is 27.7 Å². The number of ether oxygens (including phenoxy) is 8. The summed E-state index contributed by atoms with van der Waals surface area (Å²) < 4.78 is 37.9. The van der Waals surface area contributed by atoms with Gasteiger partial charge in [-0.1, -0.05) is 115 Å². The summed E-state index contributed by atoms with van der Waals surface area (Å²) in [5.74, 6) is -1.94. The molecule has 118 heavy (non-hydrogen) atoms. The molecule has 0 bridgehead atoms. The number of carbonyl (C=O) groups is 13. The summed E-state index contributed by atoms with van der Waals surface area (Å²) >= 11 is 0. The molecule has 4 N–H and O–H groups in total. The van der Waals surface area contributed by atoms with Crippen LogP contribution in [0.25, 0.3) is 0 Å². The second-order valence-electron chi connectivity index (χ2n) is 32.7. The van der Waals surface area contributed by atoms with Crippen LogP contribution in [0.2, 0.25) is 0 Å². The number of aliphatic hydroxyl groups excluding tert-OH is 2. The first-order valence-corrected chi connectivity index (χ1v) is 40.9. The zero-order chi connectivity index (χ0) is 87.0. The zero-order valence-corrected chi connectivity index (χ0v) is 77.2. The van der Waals surface area contributed by atoms with Gasteiger partial charge in [-0.3, -0.25) is 47.9 Å². The van der Waals surface area contributed by atoms with Gasteiger partial charge in [-0.05, 0) is 211 Å². The minimum absolute atomic E-state index is 0. The Hall–Kier alpha value is -5.58. The number of hydrogen-bond donors (Lipinski definition) is 4. The molecule has 659 valence electrons. The Kier molecular flexibility index (Phi) is 61.2. The van der Waals surface area contributed by atoms with Gasteiger partial charge in [0, 0.05) is 52.0 Å². The Morgan fingerprint density at radius 1 is 0.593 bits per heavy atom. The summed E-state index contributed by atoms with van der Waals surface area (Å²) in [6.07, 6.45) is 30.0. The minimum Gasteiger partial charge on any atom is -1.00 e. The van der Waals surface area contributed by atoms with E-state index in [1.807, 2.05) is 53.7 Å². The number of aliphatic carboxylic acids is 1. The number of nitrogens with one attached hydrogen (secondary N) is 1. The van der Waals surface area contributed by atoms with Gasteiger partial charge in [0.25, 0.3) is 0 Å². The second-order valence-corrected chi connectivity index (χ2v) is 32.7. The number of methoxy groups -OCH3 is 5. The van der Waals surface area contributed by atoms with Crippen LogP contribution < -0.4 is 53.7 Å². The molecule has 29 heteroatoms. The van der Waals surface area contributed by atoms with Gasteiger partial charge >= 0.3 is 96.2 Å². The first-order valence-electron chi connectivity index (χ1n) is 40.9. The fourth-order valence-corrected chi connectivity index (χ4v) is 14.7. The summed E-state index contributed by atoms with van der Waals surface area (Å²) in [5.41, 5.74) is 3.91. The maximum absolute atomic E-state index is 12.4. The Bertz CT molecular complexity index is 3390. The van der Waals surface area contributed by atoms with Crippen molar-refractivity contribution < 1.29 is 167 Å². The summed E-state index contributed by atoms with van der Waals surface area (Å²) in [6, 6.07) is 0. The number of aliphatic hydroxyl groups is 2. The molecule has 5 fully saturated rings. The van der Waals surface area contributed by atoms with Gasteiger partial charge in [0.1, 0.15) is 40.2 Å². The molecule has 4 saturated carbocycles.